The van der Waals surface area contributed by atoms with Crippen molar-refractivity contribution in [2.75, 3.05) is 0 Å². The SMILES string of the molecule is OC(c1ccc(Oc2ccc(Cl)cc2)cc1C(F)(F)F)C(C1CC1)n1cncn1. The van der Waals surface area contributed by atoms with E-state index >= 15 is 0 Å². The molecule has 0 radical (unpaired) electrons. The Morgan fingerprint density at radius 2 is 1.79 bits per heavy atom. The molecule has 1 aliphatic carbocycles. The van der Waals surface area contributed by atoms with E-state index in [4.69, 9.17) is 16.3 Å². The number of hydrogen-bond acceptors (Lipinski definition) is 4. The van der Waals surface area contributed by atoms with E-state index in [1.807, 2.05) is 0 Å². The van der Waals surface area contributed by atoms with Gasteiger partial charge in [-0.05, 0) is 60.7 Å². The zero-order chi connectivity index (χ0) is 20.6. The molecule has 1 N–H and O–H groups in total. The summed E-state index contributed by atoms with van der Waals surface area (Å²) in [6.45, 7) is 0. The third-order valence-corrected chi connectivity index (χ3v) is 5.12. The molecule has 0 saturated heterocycles. The van der Waals surface area contributed by atoms with E-state index in [1.54, 1.807) is 24.3 Å². The molecule has 1 saturated carbocycles. The normalized spacial score (nSPS) is 16.4. The molecular weight excluding hydrogens is 407 g/mol. The Hall–Kier alpha value is -2.58. The van der Waals surface area contributed by atoms with Crippen molar-refractivity contribution in [1.82, 2.24) is 14.8 Å². The van der Waals surface area contributed by atoms with Gasteiger partial charge in [0.2, 0.25) is 0 Å². The number of aliphatic hydroxyl groups is 1. The lowest BCUT2D eigenvalue weighted by Gasteiger charge is -2.26. The van der Waals surface area contributed by atoms with Gasteiger partial charge in [0.1, 0.15) is 30.3 Å². The molecule has 1 fully saturated rings. The molecule has 9 heteroatoms. The molecule has 2 aromatic carbocycles. The van der Waals surface area contributed by atoms with Crippen molar-refractivity contribution in [1.29, 1.82) is 0 Å². The van der Waals surface area contributed by atoms with Crippen molar-refractivity contribution in [3.8, 4) is 11.5 Å². The average molecular weight is 424 g/mol. The smallest absolute Gasteiger partial charge is 0.416 e. The molecule has 0 aliphatic heterocycles. The van der Waals surface area contributed by atoms with Crippen LogP contribution in [0.3, 0.4) is 0 Å². The van der Waals surface area contributed by atoms with Crippen molar-refractivity contribution < 1.29 is 23.0 Å². The van der Waals surface area contributed by atoms with Crippen molar-refractivity contribution >= 4 is 11.6 Å². The summed E-state index contributed by atoms with van der Waals surface area (Å²) in [6.07, 6.45) is -1.69. The highest BCUT2D eigenvalue weighted by Gasteiger charge is 2.42. The van der Waals surface area contributed by atoms with Crippen LogP contribution >= 0.6 is 11.6 Å². The first-order valence-electron chi connectivity index (χ1n) is 8.99. The molecule has 29 heavy (non-hydrogen) atoms. The van der Waals surface area contributed by atoms with Crippen LogP contribution in [0.4, 0.5) is 13.2 Å². The molecule has 1 aliphatic rings. The number of hydrogen-bond donors (Lipinski definition) is 1. The second-order valence-corrected chi connectivity index (χ2v) is 7.39. The van der Waals surface area contributed by atoms with Gasteiger partial charge in [-0.15, -0.1) is 0 Å². The van der Waals surface area contributed by atoms with E-state index < -0.39 is 23.9 Å². The molecule has 1 aromatic heterocycles. The van der Waals surface area contributed by atoms with Crippen LogP contribution in [0, 0.1) is 5.92 Å². The van der Waals surface area contributed by atoms with Crippen LogP contribution < -0.4 is 4.74 Å². The Kier molecular flexibility index (Phi) is 5.23. The zero-order valence-electron chi connectivity index (χ0n) is 15.1. The molecule has 0 amide bonds. The number of ether oxygens (including phenoxy) is 1. The van der Waals surface area contributed by atoms with Gasteiger partial charge in [-0.3, -0.25) is 0 Å². The summed E-state index contributed by atoms with van der Waals surface area (Å²) in [5.74, 6) is 0.423. The number of aromatic nitrogens is 3. The Morgan fingerprint density at radius 3 is 2.38 bits per heavy atom. The average Bonchev–Trinajstić information content (AvgIpc) is 3.36. The van der Waals surface area contributed by atoms with Crippen LogP contribution in [-0.2, 0) is 6.18 Å². The highest BCUT2D eigenvalue weighted by Crippen LogP contribution is 2.48. The summed E-state index contributed by atoms with van der Waals surface area (Å²) in [5.41, 5.74) is -1.16. The lowest BCUT2D eigenvalue weighted by molar-refractivity contribution is -0.139. The minimum absolute atomic E-state index is 0.0133. The first-order valence-corrected chi connectivity index (χ1v) is 9.37. The minimum Gasteiger partial charge on any atom is -0.457 e. The van der Waals surface area contributed by atoms with Crippen LogP contribution in [0.2, 0.25) is 5.02 Å². The molecule has 5 nitrogen and oxygen atoms in total. The Bertz CT molecular complexity index is 974. The molecule has 2 atom stereocenters. The van der Waals surface area contributed by atoms with Crippen molar-refractivity contribution in [2.24, 2.45) is 5.92 Å². The summed E-state index contributed by atoms with van der Waals surface area (Å²) in [4.78, 5) is 3.86. The number of rotatable bonds is 6. The van der Waals surface area contributed by atoms with Gasteiger partial charge in [-0.2, -0.15) is 18.3 Å². The van der Waals surface area contributed by atoms with Crippen LogP contribution in [0.5, 0.6) is 11.5 Å². The van der Waals surface area contributed by atoms with E-state index in [2.05, 4.69) is 10.1 Å². The Balaban J connectivity index is 1.68. The largest absolute Gasteiger partial charge is 0.457 e. The van der Waals surface area contributed by atoms with Gasteiger partial charge in [-0.1, -0.05) is 17.7 Å². The van der Waals surface area contributed by atoms with Gasteiger partial charge >= 0.3 is 6.18 Å². The van der Waals surface area contributed by atoms with Crippen molar-refractivity contribution in [3.05, 3.63) is 71.3 Å². The summed E-state index contributed by atoms with van der Waals surface area (Å²) in [5, 5.41) is 15.4. The van der Waals surface area contributed by atoms with E-state index in [1.165, 1.54) is 29.5 Å². The Labute approximate surface area is 169 Å². The molecule has 152 valence electrons. The highest BCUT2D eigenvalue weighted by molar-refractivity contribution is 6.30. The molecule has 3 aromatic rings. The van der Waals surface area contributed by atoms with E-state index in [0.29, 0.717) is 10.8 Å². The minimum atomic E-state index is -4.66. The van der Waals surface area contributed by atoms with Crippen molar-refractivity contribution in [3.63, 3.8) is 0 Å². The highest BCUT2D eigenvalue weighted by atomic mass is 35.5. The first-order chi connectivity index (χ1) is 13.8. The topological polar surface area (TPSA) is 60.2 Å². The van der Waals surface area contributed by atoms with Gasteiger partial charge in [0.25, 0.3) is 0 Å². The number of alkyl halides is 3. The van der Waals surface area contributed by atoms with Crippen LogP contribution in [0.15, 0.2) is 55.1 Å². The number of aliphatic hydroxyl groups excluding tert-OH is 1. The first kappa shape index (κ1) is 19.7. The van der Waals surface area contributed by atoms with Gasteiger partial charge in [0, 0.05) is 5.02 Å². The van der Waals surface area contributed by atoms with Gasteiger partial charge in [0.15, 0.2) is 0 Å². The molecule has 0 spiro atoms. The lowest BCUT2D eigenvalue weighted by atomic mass is 9.94. The Morgan fingerprint density at radius 1 is 1.10 bits per heavy atom. The van der Waals surface area contributed by atoms with Gasteiger partial charge in [0.05, 0.1) is 11.6 Å². The number of nitrogens with zero attached hydrogens (tertiary/aromatic N) is 3. The fraction of sp³-hybridized carbons (Fsp3) is 0.300. The molecular formula is C20H17ClF3N3O2. The molecule has 4 rings (SSSR count). The molecule has 0 bridgehead atoms. The standard InChI is InChI=1S/C20H17ClF3N3O2/c21-13-3-5-14(6-4-13)29-15-7-8-16(17(9-15)20(22,23)24)19(28)18(12-1-2-12)27-11-25-10-26-27/h3-12,18-19,28H,1-2H2. The van der Waals surface area contributed by atoms with E-state index in [9.17, 15) is 18.3 Å². The fourth-order valence-electron chi connectivity index (χ4n) is 3.35. The monoisotopic (exact) mass is 423 g/mol. The number of benzene rings is 2. The van der Waals surface area contributed by atoms with Crippen LogP contribution in [-0.4, -0.2) is 19.9 Å². The van der Waals surface area contributed by atoms with E-state index in [-0.39, 0.29) is 17.2 Å². The molecule has 1 heterocycles. The summed E-state index contributed by atoms with van der Waals surface area (Å²) >= 11 is 5.81. The van der Waals surface area contributed by atoms with E-state index in [0.717, 1.165) is 18.9 Å². The lowest BCUT2D eigenvalue weighted by Crippen LogP contribution is -2.23. The fourth-order valence-corrected chi connectivity index (χ4v) is 3.48. The second kappa shape index (κ2) is 7.68. The summed E-state index contributed by atoms with van der Waals surface area (Å²) < 4.78 is 48.3. The van der Waals surface area contributed by atoms with Crippen LogP contribution in [0.25, 0.3) is 0 Å². The maximum absolute atomic E-state index is 13.8. The second-order valence-electron chi connectivity index (χ2n) is 6.95. The third-order valence-electron chi connectivity index (χ3n) is 4.87. The summed E-state index contributed by atoms with van der Waals surface area (Å²) in [7, 11) is 0. The predicted molar refractivity (Wildman–Crippen MR) is 99.7 cm³/mol. The number of halogens is 4. The quantitative estimate of drug-likeness (QED) is 0.574. The van der Waals surface area contributed by atoms with Gasteiger partial charge < -0.3 is 9.84 Å². The van der Waals surface area contributed by atoms with Gasteiger partial charge in [-0.25, -0.2) is 9.67 Å². The zero-order valence-corrected chi connectivity index (χ0v) is 15.8. The third kappa shape index (κ3) is 4.38. The van der Waals surface area contributed by atoms with Crippen LogP contribution in [0.1, 0.15) is 36.1 Å². The maximum atomic E-state index is 13.8. The molecule has 2 unspecified atom stereocenters. The summed E-state index contributed by atoms with van der Waals surface area (Å²) in [6, 6.07) is 9.24. The van der Waals surface area contributed by atoms with Crippen molar-refractivity contribution in [2.45, 2.75) is 31.2 Å². The predicted octanol–water partition coefficient (Wildman–Crippen LogP) is 5.43. The maximum Gasteiger partial charge on any atom is 0.416 e.